The Kier molecular flexibility index (Phi) is 14.4. The fourth-order valence-electron chi connectivity index (χ4n) is 1.52. The Labute approximate surface area is 99.7 Å². The lowest BCUT2D eigenvalue weighted by Crippen LogP contribution is -2.17. The quantitative estimate of drug-likeness (QED) is 0.414. The highest BCUT2D eigenvalue weighted by atomic mass is 35.5. The first-order chi connectivity index (χ1) is 7.41. The van der Waals surface area contributed by atoms with Crippen LogP contribution in [0.4, 0.5) is 0 Å². The van der Waals surface area contributed by atoms with E-state index in [0.717, 1.165) is 32.0 Å². The second-order valence-corrected chi connectivity index (χ2v) is 4.28. The van der Waals surface area contributed by atoms with Gasteiger partial charge in [0.05, 0.1) is 0 Å². The molecule has 0 saturated carbocycles. The van der Waals surface area contributed by atoms with Crippen LogP contribution in [0.2, 0.25) is 0 Å². The highest BCUT2D eigenvalue weighted by molar-refractivity contribution is 6.17. The predicted molar refractivity (Wildman–Crippen MR) is 67.8 cm³/mol. The van der Waals surface area contributed by atoms with Crippen LogP contribution < -0.4 is 5.32 Å². The van der Waals surface area contributed by atoms with Crippen molar-refractivity contribution >= 4 is 11.6 Å². The number of unbranched alkanes of at least 4 members (excludes halogenated alkanes) is 5. The Hall–Kier alpha value is 0.210. The number of nitrogens with one attached hydrogen (secondary N) is 1. The number of hydrogen-bond donors (Lipinski definition) is 1. The van der Waals surface area contributed by atoms with Crippen molar-refractivity contribution in [3.05, 3.63) is 0 Å². The van der Waals surface area contributed by atoms with Gasteiger partial charge in [0.15, 0.2) is 0 Å². The topological polar surface area (TPSA) is 21.3 Å². The van der Waals surface area contributed by atoms with Gasteiger partial charge in [-0.2, -0.15) is 0 Å². The lowest BCUT2D eigenvalue weighted by atomic mass is 10.1. The van der Waals surface area contributed by atoms with Crippen molar-refractivity contribution in [1.29, 1.82) is 0 Å². The number of methoxy groups -OCH3 is 1. The fourth-order valence-corrected chi connectivity index (χ4v) is 1.71. The molecule has 0 saturated heterocycles. The van der Waals surface area contributed by atoms with Crippen LogP contribution in [-0.2, 0) is 4.74 Å². The van der Waals surface area contributed by atoms with E-state index in [4.69, 9.17) is 16.3 Å². The molecule has 0 spiro atoms. The van der Waals surface area contributed by atoms with Crippen LogP contribution in [0.25, 0.3) is 0 Å². The van der Waals surface area contributed by atoms with E-state index in [1.54, 1.807) is 7.11 Å². The van der Waals surface area contributed by atoms with E-state index in [1.165, 1.54) is 38.5 Å². The highest BCUT2D eigenvalue weighted by Crippen LogP contribution is 2.05. The van der Waals surface area contributed by atoms with Crippen molar-refractivity contribution in [3.8, 4) is 0 Å². The fraction of sp³-hybridized carbons (Fsp3) is 1.00. The normalized spacial score (nSPS) is 10.8. The maximum absolute atomic E-state index is 5.60. The van der Waals surface area contributed by atoms with Crippen LogP contribution in [0, 0.1) is 0 Å². The van der Waals surface area contributed by atoms with Crippen molar-refractivity contribution < 1.29 is 4.74 Å². The molecule has 0 aromatic rings. The van der Waals surface area contributed by atoms with Gasteiger partial charge in [0.1, 0.15) is 0 Å². The molecular weight excluding hydrogens is 210 g/mol. The Balaban J connectivity index is 2.81. The third-order valence-electron chi connectivity index (χ3n) is 2.44. The molecule has 0 atom stereocenters. The number of hydrogen-bond acceptors (Lipinski definition) is 2. The van der Waals surface area contributed by atoms with Crippen molar-refractivity contribution in [2.24, 2.45) is 0 Å². The van der Waals surface area contributed by atoms with Crippen molar-refractivity contribution in [3.63, 3.8) is 0 Å². The summed E-state index contributed by atoms with van der Waals surface area (Å²) in [5.41, 5.74) is 0. The summed E-state index contributed by atoms with van der Waals surface area (Å²) in [5, 5.41) is 3.42. The standard InChI is InChI=1S/C12H26ClNO/c1-15-12-8-11-14-10-7-5-3-2-4-6-9-13/h14H,2-12H2,1H3. The average molecular weight is 236 g/mol. The molecule has 0 aromatic heterocycles. The van der Waals surface area contributed by atoms with E-state index in [9.17, 15) is 0 Å². The Morgan fingerprint density at radius 2 is 1.47 bits per heavy atom. The molecule has 0 unspecified atom stereocenters. The zero-order chi connectivity index (χ0) is 11.2. The van der Waals surface area contributed by atoms with Gasteiger partial charge >= 0.3 is 0 Å². The Bertz CT molecular complexity index is 99.8. The highest BCUT2D eigenvalue weighted by Gasteiger charge is 1.91. The van der Waals surface area contributed by atoms with Crippen LogP contribution in [0.3, 0.4) is 0 Å². The van der Waals surface area contributed by atoms with Crippen molar-refractivity contribution in [1.82, 2.24) is 5.32 Å². The molecule has 1 N–H and O–H groups in total. The summed E-state index contributed by atoms with van der Waals surface area (Å²) < 4.78 is 4.97. The van der Waals surface area contributed by atoms with Gasteiger partial charge in [0.2, 0.25) is 0 Å². The summed E-state index contributed by atoms with van der Waals surface area (Å²) >= 11 is 5.60. The molecule has 92 valence electrons. The number of alkyl halides is 1. The second-order valence-electron chi connectivity index (χ2n) is 3.91. The molecule has 0 fully saturated rings. The monoisotopic (exact) mass is 235 g/mol. The number of rotatable bonds is 12. The van der Waals surface area contributed by atoms with Gasteiger partial charge in [-0.15, -0.1) is 11.6 Å². The first-order valence-corrected chi connectivity index (χ1v) is 6.71. The van der Waals surface area contributed by atoms with Crippen LogP contribution in [0.5, 0.6) is 0 Å². The second kappa shape index (κ2) is 14.2. The van der Waals surface area contributed by atoms with Crippen molar-refractivity contribution in [2.45, 2.75) is 44.9 Å². The molecule has 0 bridgehead atoms. The first-order valence-electron chi connectivity index (χ1n) is 6.17. The van der Waals surface area contributed by atoms with Gasteiger partial charge in [-0.3, -0.25) is 0 Å². The average Bonchev–Trinajstić information content (AvgIpc) is 2.26. The molecule has 0 amide bonds. The molecule has 2 nitrogen and oxygen atoms in total. The van der Waals surface area contributed by atoms with Gasteiger partial charge in [0, 0.05) is 19.6 Å². The largest absolute Gasteiger partial charge is 0.385 e. The van der Waals surface area contributed by atoms with Gasteiger partial charge in [-0.05, 0) is 32.4 Å². The lowest BCUT2D eigenvalue weighted by molar-refractivity contribution is 0.194. The van der Waals surface area contributed by atoms with Gasteiger partial charge in [-0.1, -0.05) is 25.7 Å². The zero-order valence-corrected chi connectivity index (χ0v) is 10.8. The first kappa shape index (κ1) is 15.2. The molecule has 3 heteroatoms. The smallest absolute Gasteiger partial charge is 0.0474 e. The van der Waals surface area contributed by atoms with E-state index >= 15 is 0 Å². The molecular formula is C12H26ClNO. The van der Waals surface area contributed by atoms with Crippen molar-refractivity contribution in [2.75, 3.05) is 32.7 Å². The number of ether oxygens (including phenoxy) is 1. The van der Waals surface area contributed by atoms with E-state index in [-0.39, 0.29) is 0 Å². The van der Waals surface area contributed by atoms with E-state index in [1.807, 2.05) is 0 Å². The predicted octanol–water partition coefficient (Wildman–Crippen LogP) is 3.19. The Morgan fingerprint density at radius 3 is 2.13 bits per heavy atom. The molecule has 0 aliphatic heterocycles. The van der Waals surface area contributed by atoms with E-state index in [0.29, 0.717) is 0 Å². The summed E-state index contributed by atoms with van der Waals surface area (Å²) in [6.07, 6.45) is 8.94. The van der Waals surface area contributed by atoms with Crippen LogP contribution >= 0.6 is 11.6 Å². The van der Waals surface area contributed by atoms with Crippen LogP contribution in [0.1, 0.15) is 44.9 Å². The van der Waals surface area contributed by atoms with Gasteiger partial charge < -0.3 is 10.1 Å². The molecule has 0 aliphatic carbocycles. The molecule has 0 rings (SSSR count). The molecule has 0 heterocycles. The van der Waals surface area contributed by atoms with E-state index in [2.05, 4.69) is 5.32 Å². The van der Waals surface area contributed by atoms with Gasteiger partial charge in [-0.25, -0.2) is 0 Å². The summed E-state index contributed by atoms with van der Waals surface area (Å²) in [5.74, 6) is 0.820. The summed E-state index contributed by atoms with van der Waals surface area (Å²) in [4.78, 5) is 0. The maximum Gasteiger partial charge on any atom is 0.0474 e. The van der Waals surface area contributed by atoms with Crippen LogP contribution in [-0.4, -0.2) is 32.7 Å². The lowest BCUT2D eigenvalue weighted by Gasteiger charge is -2.04. The minimum absolute atomic E-state index is 0.820. The van der Waals surface area contributed by atoms with Gasteiger partial charge in [0.25, 0.3) is 0 Å². The summed E-state index contributed by atoms with van der Waals surface area (Å²) in [7, 11) is 1.75. The molecule has 0 radical (unpaired) electrons. The minimum atomic E-state index is 0.820. The SMILES string of the molecule is COCCCNCCCCCCCCCl. The molecule has 0 aliphatic rings. The summed E-state index contributed by atoms with van der Waals surface area (Å²) in [6.45, 7) is 3.10. The third-order valence-corrected chi connectivity index (χ3v) is 2.71. The summed E-state index contributed by atoms with van der Waals surface area (Å²) in [6, 6.07) is 0. The maximum atomic E-state index is 5.60. The minimum Gasteiger partial charge on any atom is -0.385 e. The molecule has 15 heavy (non-hydrogen) atoms. The zero-order valence-electron chi connectivity index (χ0n) is 10.1. The van der Waals surface area contributed by atoms with E-state index < -0.39 is 0 Å². The van der Waals surface area contributed by atoms with Crippen LogP contribution in [0.15, 0.2) is 0 Å². The Morgan fingerprint density at radius 1 is 0.867 bits per heavy atom. The molecule has 0 aromatic carbocycles. The number of halogens is 1. The third kappa shape index (κ3) is 14.2.